The Morgan fingerprint density at radius 2 is 1.92 bits per heavy atom. The largest absolute Gasteiger partial charge is 0.379 e. The van der Waals surface area contributed by atoms with E-state index in [0.29, 0.717) is 0 Å². The van der Waals surface area contributed by atoms with E-state index in [-0.39, 0.29) is 47.4 Å². The Balaban J connectivity index is 0.00000338. The van der Waals surface area contributed by atoms with Crippen molar-refractivity contribution in [3.05, 3.63) is 0 Å². The van der Waals surface area contributed by atoms with Crippen LogP contribution in [0.1, 0.15) is 34.1 Å². The van der Waals surface area contributed by atoms with E-state index in [2.05, 4.69) is 34.4 Å². The van der Waals surface area contributed by atoms with Gasteiger partial charge in [0, 0.05) is 57.3 Å². The van der Waals surface area contributed by atoms with E-state index < -0.39 is 0 Å². The van der Waals surface area contributed by atoms with Gasteiger partial charge >= 0.3 is 0 Å². The standard InChI is InChI=1S/C18H35N5O2.HI/c1-14(2)16(24)22-7-6-15(12-22)21-17(19-5)20-13-18(3,4)23-8-10-25-11-9-23;/h14-15H,6-13H2,1-5H3,(H2,19,20,21);1H. The molecule has 1 atom stereocenters. The number of rotatable bonds is 5. The van der Waals surface area contributed by atoms with Gasteiger partial charge in [-0.15, -0.1) is 24.0 Å². The number of morpholine rings is 1. The lowest BCUT2D eigenvalue weighted by Gasteiger charge is -2.41. The summed E-state index contributed by atoms with van der Waals surface area (Å²) in [7, 11) is 1.79. The van der Waals surface area contributed by atoms with Crippen molar-refractivity contribution in [3.8, 4) is 0 Å². The summed E-state index contributed by atoms with van der Waals surface area (Å²) in [5.41, 5.74) is 0.0384. The molecule has 0 aromatic carbocycles. The Kier molecular flexibility index (Phi) is 9.60. The van der Waals surface area contributed by atoms with E-state index in [1.165, 1.54) is 0 Å². The Morgan fingerprint density at radius 3 is 2.50 bits per heavy atom. The van der Waals surface area contributed by atoms with Gasteiger partial charge < -0.3 is 20.3 Å². The molecule has 2 heterocycles. The van der Waals surface area contributed by atoms with Gasteiger partial charge in [0.05, 0.1) is 13.2 Å². The summed E-state index contributed by atoms with van der Waals surface area (Å²) in [6.45, 7) is 14.3. The van der Waals surface area contributed by atoms with Crippen LogP contribution in [0.15, 0.2) is 4.99 Å². The van der Waals surface area contributed by atoms with Gasteiger partial charge in [0.25, 0.3) is 0 Å². The van der Waals surface area contributed by atoms with Crippen molar-refractivity contribution >= 4 is 35.8 Å². The van der Waals surface area contributed by atoms with Gasteiger partial charge in [0.2, 0.25) is 5.91 Å². The molecule has 0 radical (unpaired) electrons. The average molecular weight is 481 g/mol. The first kappa shape index (κ1) is 23.4. The summed E-state index contributed by atoms with van der Waals surface area (Å²) >= 11 is 0. The number of amides is 1. The number of hydrogen-bond donors (Lipinski definition) is 2. The number of guanidine groups is 1. The van der Waals surface area contributed by atoms with Gasteiger partial charge in [-0.25, -0.2) is 0 Å². The second kappa shape index (κ2) is 10.7. The smallest absolute Gasteiger partial charge is 0.225 e. The summed E-state index contributed by atoms with van der Waals surface area (Å²) in [6, 6.07) is 0.264. The fraction of sp³-hybridized carbons (Fsp3) is 0.889. The first-order valence-electron chi connectivity index (χ1n) is 9.42. The second-order valence-corrected chi connectivity index (χ2v) is 7.91. The van der Waals surface area contributed by atoms with Gasteiger partial charge in [0.1, 0.15) is 0 Å². The predicted octanol–water partition coefficient (Wildman–Crippen LogP) is 1.14. The monoisotopic (exact) mass is 481 g/mol. The minimum absolute atomic E-state index is 0. The summed E-state index contributed by atoms with van der Waals surface area (Å²) in [4.78, 5) is 20.9. The number of nitrogens with one attached hydrogen (secondary N) is 2. The first-order chi connectivity index (χ1) is 11.8. The van der Waals surface area contributed by atoms with Gasteiger partial charge in [-0.2, -0.15) is 0 Å². The summed E-state index contributed by atoms with van der Waals surface area (Å²) in [5.74, 6) is 1.11. The normalized spacial score (nSPS) is 22.3. The second-order valence-electron chi connectivity index (χ2n) is 7.91. The molecule has 0 aromatic rings. The first-order valence-corrected chi connectivity index (χ1v) is 9.42. The molecule has 0 bridgehead atoms. The number of hydrogen-bond acceptors (Lipinski definition) is 4. The zero-order chi connectivity index (χ0) is 18.4. The van der Waals surface area contributed by atoms with Gasteiger partial charge in [-0.05, 0) is 20.3 Å². The third-order valence-electron chi connectivity index (χ3n) is 5.11. The molecule has 2 rings (SSSR count). The predicted molar refractivity (Wildman–Crippen MR) is 116 cm³/mol. The van der Waals surface area contributed by atoms with Crippen molar-refractivity contribution in [2.24, 2.45) is 10.9 Å². The van der Waals surface area contributed by atoms with Crippen molar-refractivity contribution in [1.82, 2.24) is 20.4 Å². The van der Waals surface area contributed by atoms with Crippen molar-refractivity contribution in [3.63, 3.8) is 0 Å². The molecule has 8 heteroatoms. The molecule has 0 saturated carbocycles. The molecule has 1 amide bonds. The lowest BCUT2D eigenvalue weighted by atomic mass is 10.0. The Bertz CT molecular complexity index is 478. The van der Waals surface area contributed by atoms with E-state index in [1.54, 1.807) is 7.05 Å². The number of carbonyl (C=O) groups is 1. The fourth-order valence-electron chi connectivity index (χ4n) is 3.41. The van der Waals surface area contributed by atoms with Crippen LogP contribution in [-0.2, 0) is 9.53 Å². The van der Waals surface area contributed by atoms with Gasteiger partial charge in [-0.1, -0.05) is 13.8 Å². The molecule has 2 aliphatic heterocycles. The minimum atomic E-state index is 0. The molecular weight excluding hydrogens is 445 g/mol. The molecular formula is C18H36IN5O2. The van der Waals surface area contributed by atoms with Gasteiger partial charge in [-0.3, -0.25) is 14.7 Å². The maximum Gasteiger partial charge on any atom is 0.225 e. The molecule has 0 aromatic heterocycles. The Hall–Kier alpha value is -0.610. The minimum Gasteiger partial charge on any atom is -0.379 e. The molecule has 2 saturated heterocycles. The number of carbonyl (C=O) groups excluding carboxylic acids is 1. The van der Waals surface area contributed by atoms with Crippen molar-refractivity contribution < 1.29 is 9.53 Å². The molecule has 152 valence electrons. The number of nitrogens with zero attached hydrogens (tertiary/aromatic N) is 3. The van der Waals surface area contributed by atoms with Crippen LogP contribution < -0.4 is 10.6 Å². The molecule has 1 unspecified atom stereocenters. The van der Waals surface area contributed by atoms with E-state index in [9.17, 15) is 4.79 Å². The summed E-state index contributed by atoms with van der Waals surface area (Å²) in [5, 5.41) is 6.92. The maximum absolute atomic E-state index is 12.1. The van der Waals surface area contributed by atoms with Crippen LogP contribution in [0.3, 0.4) is 0 Å². The average Bonchev–Trinajstić information content (AvgIpc) is 3.07. The maximum atomic E-state index is 12.1. The number of halogens is 1. The summed E-state index contributed by atoms with van der Waals surface area (Å²) in [6.07, 6.45) is 0.964. The summed E-state index contributed by atoms with van der Waals surface area (Å²) < 4.78 is 5.45. The number of ether oxygens (including phenoxy) is 1. The number of aliphatic imine (C=N–C) groups is 1. The van der Waals surface area contributed by atoms with Crippen molar-refractivity contribution in [2.45, 2.75) is 45.7 Å². The molecule has 2 aliphatic rings. The van der Waals surface area contributed by atoms with Crippen LogP contribution in [0.25, 0.3) is 0 Å². The van der Waals surface area contributed by atoms with Crippen LogP contribution >= 0.6 is 24.0 Å². The molecule has 26 heavy (non-hydrogen) atoms. The van der Waals surface area contributed by atoms with E-state index in [1.807, 2.05) is 18.7 Å². The zero-order valence-corrected chi connectivity index (χ0v) is 19.2. The van der Waals surface area contributed by atoms with E-state index >= 15 is 0 Å². The highest BCUT2D eigenvalue weighted by Crippen LogP contribution is 2.15. The quantitative estimate of drug-likeness (QED) is 0.350. The topological polar surface area (TPSA) is 69.2 Å². The lowest BCUT2D eigenvalue weighted by molar-refractivity contribution is -0.133. The van der Waals surface area contributed by atoms with Crippen LogP contribution in [0.5, 0.6) is 0 Å². The highest BCUT2D eigenvalue weighted by Gasteiger charge is 2.30. The molecule has 0 spiro atoms. The fourth-order valence-corrected chi connectivity index (χ4v) is 3.41. The Labute approximate surface area is 175 Å². The van der Waals surface area contributed by atoms with E-state index in [0.717, 1.165) is 58.3 Å². The Morgan fingerprint density at radius 1 is 1.27 bits per heavy atom. The lowest BCUT2D eigenvalue weighted by Crippen LogP contribution is -2.57. The molecule has 2 fully saturated rings. The van der Waals surface area contributed by atoms with Crippen LogP contribution in [0.4, 0.5) is 0 Å². The van der Waals surface area contributed by atoms with Crippen molar-refractivity contribution in [2.75, 3.05) is 53.0 Å². The SMILES string of the molecule is CN=C(NCC(C)(C)N1CCOCC1)NC1CCN(C(=O)C(C)C)C1.I. The highest BCUT2D eigenvalue weighted by atomic mass is 127. The van der Waals surface area contributed by atoms with E-state index in [4.69, 9.17) is 4.74 Å². The third-order valence-corrected chi connectivity index (χ3v) is 5.11. The number of likely N-dealkylation sites (tertiary alicyclic amines) is 1. The molecule has 7 nitrogen and oxygen atoms in total. The molecule has 0 aliphatic carbocycles. The van der Waals surface area contributed by atoms with Gasteiger partial charge in [0.15, 0.2) is 5.96 Å². The molecule has 2 N–H and O–H groups in total. The zero-order valence-electron chi connectivity index (χ0n) is 16.9. The van der Waals surface area contributed by atoms with Crippen LogP contribution in [0, 0.1) is 5.92 Å². The third kappa shape index (κ3) is 6.53. The highest BCUT2D eigenvalue weighted by molar-refractivity contribution is 14.0. The van der Waals surface area contributed by atoms with Crippen molar-refractivity contribution in [1.29, 1.82) is 0 Å². The van der Waals surface area contributed by atoms with Crippen LogP contribution in [-0.4, -0.2) is 86.2 Å². The van der Waals surface area contributed by atoms with Crippen LogP contribution in [0.2, 0.25) is 0 Å².